The van der Waals surface area contributed by atoms with Gasteiger partial charge in [0.25, 0.3) is 0 Å². The Labute approximate surface area is 119 Å². The van der Waals surface area contributed by atoms with Gasteiger partial charge in [0.15, 0.2) is 0 Å². The molecule has 110 valence electrons. The number of nitrogens with one attached hydrogen (secondary N) is 1. The van der Waals surface area contributed by atoms with Gasteiger partial charge in [-0.25, -0.2) is 0 Å². The monoisotopic (exact) mass is 264 g/mol. The van der Waals surface area contributed by atoms with E-state index in [4.69, 9.17) is 0 Å². The lowest BCUT2D eigenvalue weighted by molar-refractivity contribution is 0.0947. The summed E-state index contributed by atoms with van der Waals surface area (Å²) in [4.78, 5) is 2.85. The summed E-state index contributed by atoms with van der Waals surface area (Å²) in [5, 5.41) is 3.88. The third-order valence-electron chi connectivity index (χ3n) is 5.50. The Morgan fingerprint density at radius 2 is 1.79 bits per heavy atom. The molecule has 0 aromatic carbocycles. The fraction of sp³-hybridized carbons (Fsp3) is 1.00. The summed E-state index contributed by atoms with van der Waals surface area (Å²) in [6.07, 6.45) is 13.1. The lowest BCUT2D eigenvalue weighted by Crippen LogP contribution is -2.52. The van der Waals surface area contributed by atoms with E-state index in [2.05, 4.69) is 17.1 Å². The zero-order chi connectivity index (χ0) is 13.1. The first-order valence-electron chi connectivity index (χ1n) is 8.82. The smallest absolute Gasteiger partial charge is 0.0198 e. The normalized spacial score (nSPS) is 33.9. The van der Waals surface area contributed by atoms with E-state index in [0.717, 1.165) is 23.9 Å². The Balaban J connectivity index is 1.53. The molecular weight excluding hydrogens is 232 g/mol. The summed E-state index contributed by atoms with van der Waals surface area (Å²) in [6.45, 7) is 6.36. The minimum Gasteiger partial charge on any atom is -0.312 e. The van der Waals surface area contributed by atoms with E-state index in [1.807, 2.05) is 0 Å². The predicted molar refractivity (Wildman–Crippen MR) is 81.4 cm³/mol. The second-order valence-electron chi connectivity index (χ2n) is 7.33. The van der Waals surface area contributed by atoms with E-state index in [-0.39, 0.29) is 0 Å². The molecule has 1 heterocycles. The number of hydrogen-bond acceptors (Lipinski definition) is 2. The van der Waals surface area contributed by atoms with Crippen molar-refractivity contribution in [1.29, 1.82) is 0 Å². The van der Waals surface area contributed by atoms with Gasteiger partial charge in [-0.1, -0.05) is 26.2 Å². The molecule has 3 fully saturated rings. The van der Waals surface area contributed by atoms with Crippen molar-refractivity contribution in [3.63, 3.8) is 0 Å². The van der Waals surface area contributed by atoms with Gasteiger partial charge in [-0.15, -0.1) is 0 Å². The molecule has 0 aromatic rings. The first kappa shape index (κ1) is 13.9. The van der Waals surface area contributed by atoms with Gasteiger partial charge in [-0.2, -0.15) is 0 Å². The Morgan fingerprint density at radius 3 is 2.47 bits per heavy atom. The fourth-order valence-electron chi connectivity index (χ4n) is 4.23. The molecular formula is C17H32N2. The quantitative estimate of drug-likeness (QED) is 0.791. The maximum absolute atomic E-state index is 3.88. The Bertz CT molecular complexity index is 268. The van der Waals surface area contributed by atoms with E-state index in [9.17, 15) is 0 Å². The molecule has 3 rings (SSSR count). The van der Waals surface area contributed by atoms with E-state index in [0.29, 0.717) is 0 Å². The molecule has 1 aliphatic heterocycles. The van der Waals surface area contributed by atoms with E-state index >= 15 is 0 Å². The summed E-state index contributed by atoms with van der Waals surface area (Å²) >= 11 is 0. The lowest BCUT2D eigenvalue weighted by atomic mass is 9.89. The zero-order valence-corrected chi connectivity index (χ0v) is 12.7. The molecule has 2 heteroatoms. The second kappa shape index (κ2) is 6.58. The maximum Gasteiger partial charge on any atom is 0.0198 e. The van der Waals surface area contributed by atoms with Crippen molar-refractivity contribution in [2.45, 2.75) is 76.8 Å². The van der Waals surface area contributed by atoms with Crippen LogP contribution in [0.1, 0.15) is 64.7 Å². The highest BCUT2D eigenvalue weighted by atomic mass is 15.2. The first-order valence-corrected chi connectivity index (χ1v) is 8.82. The van der Waals surface area contributed by atoms with Crippen LogP contribution in [0.2, 0.25) is 0 Å². The van der Waals surface area contributed by atoms with Crippen LogP contribution < -0.4 is 5.32 Å². The van der Waals surface area contributed by atoms with Crippen LogP contribution in [0.3, 0.4) is 0 Å². The van der Waals surface area contributed by atoms with Crippen molar-refractivity contribution in [2.75, 3.05) is 19.6 Å². The molecule has 2 nitrogen and oxygen atoms in total. The Hall–Kier alpha value is -0.0800. The molecule has 0 radical (unpaired) electrons. The van der Waals surface area contributed by atoms with Crippen LogP contribution in [-0.4, -0.2) is 36.6 Å². The van der Waals surface area contributed by atoms with Gasteiger partial charge in [-0.3, -0.25) is 4.90 Å². The first-order chi connectivity index (χ1) is 9.35. The molecule has 3 aliphatic rings. The van der Waals surface area contributed by atoms with Crippen LogP contribution in [0.15, 0.2) is 0 Å². The van der Waals surface area contributed by atoms with Gasteiger partial charge in [0.1, 0.15) is 0 Å². The number of likely N-dealkylation sites (tertiary alicyclic amines) is 1. The van der Waals surface area contributed by atoms with Crippen molar-refractivity contribution < 1.29 is 0 Å². The van der Waals surface area contributed by atoms with E-state index in [1.165, 1.54) is 77.4 Å². The molecule has 19 heavy (non-hydrogen) atoms. The zero-order valence-electron chi connectivity index (χ0n) is 12.7. The van der Waals surface area contributed by atoms with Gasteiger partial charge < -0.3 is 5.32 Å². The Morgan fingerprint density at radius 1 is 1.00 bits per heavy atom. The topological polar surface area (TPSA) is 15.3 Å². The van der Waals surface area contributed by atoms with Crippen molar-refractivity contribution in [3.05, 3.63) is 0 Å². The molecule has 1 N–H and O–H groups in total. The average molecular weight is 264 g/mol. The van der Waals surface area contributed by atoms with Crippen LogP contribution >= 0.6 is 0 Å². The summed E-state index contributed by atoms with van der Waals surface area (Å²) in [5.74, 6) is 1.97. The van der Waals surface area contributed by atoms with E-state index in [1.54, 1.807) is 0 Å². The maximum atomic E-state index is 3.88. The van der Waals surface area contributed by atoms with Crippen molar-refractivity contribution in [2.24, 2.45) is 11.8 Å². The molecule has 0 amide bonds. The van der Waals surface area contributed by atoms with Crippen LogP contribution in [0.5, 0.6) is 0 Å². The van der Waals surface area contributed by atoms with Gasteiger partial charge >= 0.3 is 0 Å². The van der Waals surface area contributed by atoms with Crippen LogP contribution in [-0.2, 0) is 0 Å². The third-order valence-corrected chi connectivity index (χ3v) is 5.50. The van der Waals surface area contributed by atoms with E-state index < -0.39 is 0 Å². The highest BCUT2D eigenvalue weighted by Crippen LogP contribution is 2.31. The van der Waals surface area contributed by atoms with Crippen LogP contribution in [0.25, 0.3) is 0 Å². The van der Waals surface area contributed by atoms with Gasteiger partial charge in [-0.05, 0) is 56.9 Å². The summed E-state index contributed by atoms with van der Waals surface area (Å²) in [6, 6.07) is 1.70. The molecule has 2 atom stereocenters. The number of piperidine rings is 1. The minimum absolute atomic E-state index is 0.784. The standard InChI is InChI=1S/C17H32N2/c1-2-5-15-10-16(18-11-14-8-9-14)13-19(12-15)17-6-3-4-7-17/h14-18H,2-13H2,1H3. The highest BCUT2D eigenvalue weighted by molar-refractivity contribution is 4.89. The summed E-state index contributed by atoms with van der Waals surface area (Å²) in [7, 11) is 0. The second-order valence-corrected chi connectivity index (χ2v) is 7.33. The Kier molecular flexibility index (Phi) is 4.81. The molecule has 2 aliphatic carbocycles. The van der Waals surface area contributed by atoms with Crippen LogP contribution in [0, 0.1) is 11.8 Å². The average Bonchev–Trinajstić information content (AvgIpc) is 3.08. The summed E-state index contributed by atoms with van der Waals surface area (Å²) in [5.41, 5.74) is 0. The van der Waals surface area contributed by atoms with Gasteiger partial charge in [0.2, 0.25) is 0 Å². The molecule has 2 saturated carbocycles. The predicted octanol–water partition coefficient (Wildman–Crippen LogP) is 3.42. The summed E-state index contributed by atoms with van der Waals surface area (Å²) < 4.78 is 0. The van der Waals surface area contributed by atoms with Crippen molar-refractivity contribution >= 4 is 0 Å². The number of nitrogens with zero attached hydrogens (tertiary/aromatic N) is 1. The molecule has 2 unspecified atom stereocenters. The van der Waals surface area contributed by atoms with Gasteiger partial charge in [0, 0.05) is 25.2 Å². The lowest BCUT2D eigenvalue weighted by Gasteiger charge is -2.41. The molecule has 0 spiro atoms. The highest BCUT2D eigenvalue weighted by Gasteiger charge is 2.32. The third kappa shape index (κ3) is 3.95. The molecule has 0 aromatic heterocycles. The van der Waals surface area contributed by atoms with Gasteiger partial charge in [0.05, 0.1) is 0 Å². The largest absolute Gasteiger partial charge is 0.312 e. The SMILES string of the molecule is CCCC1CC(NCC2CC2)CN(C2CCCC2)C1. The van der Waals surface area contributed by atoms with Crippen molar-refractivity contribution in [3.8, 4) is 0 Å². The van der Waals surface area contributed by atoms with Crippen LogP contribution in [0.4, 0.5) is 0 Å². The number of rotatable bonds is 6. The molecule has 0 bridgehead atoms. The minimum atomic E-state index is 0.784. The van der Waals surface area contributed by atoms with Crippen molar-refractivity contribution in [1.82, 2.24) is 10.2 Å². The fourth-order valence-corrected chi connectivity index (χ4v) is 4.23. The number of hydrogen-bond donors (Lipinski definition) is 1. The molecule has 1 saturated heterocycles.